The summed E-state index contributed by atoms with van der Waals surface area (Å²) >= 11 is 0. The molecule has 6 heteroatoms. The van der Waals surface area contributed by atoms with Gasteiger partial charge in [0.25, 0.3) is 0 Å². The number of rotatable bonds is 4. The second-order valence-electron chi connectivity index (χ2n) is 3.95. The van der Waals surface area contributed by atoms with E-state index in [1.807, 2.05) is 0 Å². The molecule has 5 nitrogen and oxygen atoms in total. The van der Waals surface area contributed by atoms with Crippen molar-refractivity contribution in [2.45, 2.75) is 12.5 Å². The van der Waals surface area contributed by atoms with E-state index < -0.39 is 9.84 Å². The first kappa shape index (κ1) is 13.0. The maximum Gasteiger partial charge on any atom is 0.234 e. The Labute approximate surface area is 96.1 Å². The second-order valence-corrected chi connectivity index (χ2v) is 6.18. The van der Waals surface area contributed by atoms with E-state index in [-0.39, 0.29) is 36.5 Å². The standard InChI is InChI=1S/C10H16N2O3S/c1-3-5-11-10(13)7-12(2)9-4-6-16(14,15)8-9/h1,9H,4-8H2,2H3,(H,11,13)/t9-/m1/s1. The molecule has 1 atom stereocenters. The van der Waals surface area contributed by atoms with E-state index in [9.17, 15) is 13.2 Å². The molecule has 0 unspecified atom stereocenters. The smallest absolute Gasteiger partial charge is 0.234 e. The van der Waals surface area contributed by atoms with Crippen LogP contribution in [0.5, 0.6) is 0 Å². The zero-order valence-electron chi connectivity index (χ0n) is 9.27. The fourth-order valence-corrected chi connectivity index (χ4v) is 3.49. The number of hydrogen-bond acceptors (Lipinski definition) is 4. The molecule has 0 aliphatic carbocycles. The van der Waals surface area contributed by atoms with E-state index in [1.54, 1.807) is 11.9 Å². The van der Waals surface area contributed by atoms with Crippen LogP contribution in [-0.4, -0.2) is 56.9 Å². The van der Waals surface area contributed by atoms with Gasteiger partial charge in [-0.1, -0.05) is 5.92 Å². The minimum atomic E-state index is -2.90. The summed E-state index contributed by atoms with van der Waals surface area (Å²) in [5.74, 6) is 2.49. The Kier molecular flexibility index (Phi) is 4.33. The maximum absolute atomic E-state index is 11.3. The fraction of sp³-hybridized carbons (Fsp3) is 0.700. The molecule has 1 aliphatic heterocycles. The van der Waals surface area contributed by atoms with Crippen molar-refractivity contribution in [2.24, 2.45) is 0 Å². The van der Waals surface area contributed by atoms with Crippen LogP contribution in [0.1, 0.15) is 6.42 Å². The van der Waals surface area contributed by atoms with Crippen LogP contribution in [0.4, 0.5) is 0 Å². The molecule has 0 aromatic heterocycles. The van der Waals surface area contributed by atoms with Crippen LogP contribution in [0.25, 0.3) is 0 Å². The van der Waals surface area contributed by atoms with E-state index in [4.69, 9.17) is 6.42 Å². The third-order valence-electron chi connectivity index (χ3n) is 2.61. The lowest BCUT2D eigenvalue weighted by molar-refractivity contribution is -0.122. The molecular formula is C10H16N2O3S. The van der Waals surface area contributed by atoms with Crippen LogP contribution in [0.2, 0.25) is 0 Å². The Morgan fingerprint density at radius 2 is 2.31 bits per heavy atom. The van der Waals surface area contributed by atoms with E-state index in [1.165, 1.54) is 0 Å². The molecular weight excluding hydrogens is 228 g/mol. The van der Waals surface area contributed by atoms with Crippen molar-refractivity contribution < 1.29 is 13.2 Å². The van der Waals surface area contributed by atoms with Gasteiger partial charge in [-0.2, -0.15) is 0 Å². The highest BCUT2D eigenvalue weighted by atomic mass is 32.2. The number of sulfone groups is 1. The zero-order valence-corrected chi connectivity index (χ0v) is 10.1. The van der Waals surface area contributed by atoms with Crippen molar-refractivity contribution >= 4 is 15.7 Å². The van der Waals surface area contributed by atoms with Crippen molar-refractivity contribution in [3.8, 4) is 12.3 Å². The Hall–Kier alpha value is -1.06. The molecule has 1 N–H and O–H groups in total. The Balaban J connectivity index is 2.39. The number of carbonyl (C=O) groups is 1. The largest absolute Gasteiger partial charge is 0.344 e. The Bertz CT molecular complexity index is 397. The molecule has 1 fully saturated rings. The summed E-state index contributed by atoms with van der Waals surface area (Å²) in [7, 11) is -1.15. The molecule has 0 saturated carbocycles. The molecule has 16 heavy (non-hydrogen) atoms. The average molecular weight is 244 g/mol. The van der Waals surface area contributed by atoms with Gasteiger partial charge in [0, 0.05) is 6.04 Å². The van der Waals surface area contributed by atoms with Crippen LogP contribution >= 0.6 is 0 Å². The molecule has 0 bridgehead atoms. The van der Waals surface area contributed by atoms with Crippen molar-refractivity contribution in [1.82, 2.24) is 10.2 Å². The van der Waals surface area contributed by atoms with Crippen LogP contribution in [0, 0.1) is 12.3 Å². The Morgan fingerprint density at radius 1 is 1.62 bits per heavy atom. The topological polar surface area (TPSA) is 66.5 Å². The minimum absolute atomic E-state index is 0.0541. The van der Waals surface area contributed by atoms with Gasteiger partial charge in [0.05, 0.1) is 24.6 Å². The highest BCUT2D eigenvalue weighted by molar-refractivity contribution is 7.91. The molecule has 0 aromatic carbocycles. The summed E-state index contributed by atoms with van der Waals surface area (Å²) in [4.78, 5) is 13.1. The van der Waals surface area contributed by atoms with Gasteiger partial charge in [-0.15, -0.1) is 6.42 Å². The van der Waals surface area contributed by atoms with Gasteiger partial charge < -0.3 is 5.32 Å². The fourth-order valence-electron chi connectivity index (χ4n) is 1.68. The molecule has 1 saturated heterocycles. The van der Waals surface area contributed by atoms with Crippen LogP contribution in [-0.2, 0) is 14.6 Å². The summed E-state index contributed by atoms with van der Waals surface area (Å²) in [6.45, 7) is 0.386. The average Bonchev–Trinajstić information content (AvgIpc) is 2.56. The molecule has 0 spiro atoms. The number of likely N-dealkylation sites (N-methyl/N-ethyl adjacent to an activating group) is 1. The molecule has 0 aromatic rings. The lowest BCUT2D eigenvalue weighted by atomic mass is 10.2. The zero-order chi connectivity index (χ0) is 12.2. The lowest BCUT2D eigenvalue weighted by Crippen LogP contribution is -2.41. The molecule has 1 rings (SSSR count). The Morgan fingerprint density at radius 3 is 2.81 bits per heavy atom. The summed E-state index contributed by atoms with van der Waals surface area (Å²) in [6, 6.07) is -0.0541. The third kappa shape index (κ3) is 3.83. The number of nitrogens with zero attached hydrogens (tertiary/aromatic N) is 1. The van der Waals surface area contributed by atoms with Gasteiger partial charge >= 0.3 is 0 Å². The molecule has 1 heterocycles. The monoisotopic (exact) mass is 244 g/mol. The van der Waals surface area contributed by atoms with E-state index in [0.717, 1.165) is 0 Å². The predicted octanol–water partition coefficient (Wildman–Crippen LogP) is -1.15. The third-order valence-corrected chi connectivity index (χ3v) is 4.36. The van der Waals surface area contributed by atoms with Gasteiger partial charge in [-0.25, -0.2) is 8.42 Å². The minimum Gasteiger partial charge on any atom is -0.344 e. The predicted molar refractivity (Wildman–Crippen MR) is 61.5 cm³/mol. The van der Waals surface area contributed by atoms with Crippen molar-refractivity contribution in [3.63, 3.8) is 0 Å². The highest BCUT2D eigenvalue weighted by Crippen LogP contribution is 2.15. The van der Waals surface area contributed by atoms with Gasteiger partial charge in [0.2, 0.25) is 5.91 Å². The lowest BCUT2D eigenvalue weighted by Gasteiger charge is -2.21. The number of hydrogen-bond donors (Lipinski definition) is 1. The maximum atomic E-state index is 11.3. The van der Waals surface area contributed by atoms with Gasteiger partial charge in [-0.3, -0.25) is 9.69 Å². The molecule has 90 valence electrons. The van der Waals surface area contributed by atoms with Crippen LogP contribution < -0.4 is 5.32 Å². The first-order valence-electron chi connectivity index (χ1n) is 5.05. The SMILES string of the molecule is C#CCNC(=O)CN(C)[C@@H]1CCS(=O)(=O)C1. The normalized spacial score (nSPS) is 22.9. The van der Waals surface area contributed by atoms with Gasteiger partial charge in [0.1, 0.15) is 0 Å². The summed E-state index contributed by atoms with van der Waals surface area (Å²) in [5, 5.41) is 2.54. The van der Waals surface area contributed by atoms with Crippen LogP contribution in [0.15, 0.2) is 0 Å². The van der Waals surface area contributed by atoms with Gasteiger partial charge in [0.15, 0.2) is 9.84 Å². The first-order chi connectivity index (χ1) is 7.44. The summed E-state index contributed by atoms with van der Waals surface area (Å²) in [6.07, 6.45) is 5.61. The second kappa shape index (κ2) is 5.32. The number of nitrogens with one attached hydrogen (secondary N) is 1. The number of carbonyl (C=O) groups excluding carboxylic acids is 1. The highest BCUT2D eigenvalue weighted by Gasteiger charge is 2.31. The van der Waals surface area contributed by atoms with E-state index in [2.05, 4.69) is 11.2 Å². The van der Waals surface area contributed by atoms with Crippen LogP contribution in [0.3, 0.4) is 0 Å². The van der Waals surface area contributed by atoms with Crippen molar-refractivity contribution in [2.75, 3.05) is 31.6 Å². The van der Waals surface area contributed by atoms with E-state index >= 15 is 0 Å². The number of terminal acetylenes is 1. The van der Waals surface area contributed by atoms with E-state index in [0.29, 0.717) is 6.42 Å². The van der Waals surface area contributed by atoms with Gasteiger partial charge in [-0.05, 0) is 13.5 Å². The molecule has 1 amide bonds. The van der Waals surface area contributed by atoms with Crippen molar-refractivity contribution in [3.05, 3.63) is 0 Å². The number of amides is 1. The first-order valence-corrected chi connectivity index (χ1v) is 6.87. The quantitative estimate of drug-likeness (QED) is 0.635. The van der Waals surface area contributed by atoms with Crippen molar-refractivity contribution in [1.29, 1.82) is 0 Å². The molecule has 1 aliphatic rings. The summed E-state index contributed by atoms with van der Waals surface area (Å²) in [5.41, 5.74) is 0. The molecule has 0 radical (unpaired) electrons. The summed E-state index contributed by atoms with van der Waals surface area (Å²) < 4.78 is 22.5.